The van der Waals surface area contributed by atoms with Gasteiger partial charge in [-0.25, -0.2) is 8.42 Å². The number of carbonyl (C=O) groups is 1. The summed E-state index contributed by atoms with van der Waals surface area (Å²) in [5.41, 5.74) is 0.220. The first-order valence-corrected chi connectivity index (χ1v) is 8.10. The monoisotopic (exact) mass is 305 g/mol. The number of amides is 1. The number of hydrogen-bond donors (Lipinski definition) is 1. The van der Waals surface area contributed by atoms with Crippen LogP contribution >= 0.6 is 10.7 Å². The quantitative estimate of drug-likeness (QED) is 0.846. The Morgan fingerprint density at radius 1 is 1.42 bits per heavy atom. The predicted molar refractivity (Wildman–Crippen MR) is 73.3 cm³/mol. The summed E-state index contributed by atoms with van der Waals surface area (Å²) in [6, 6.07) is 4.14. The highest BCUT2D eigenvalue weighted by atomic mass is 35.7. The van der Waals surface area contributed by atoms with Gasteiger partial charge < -0.3 is 10.1 Å². The van der Waals surface area contributed by atoms with Crippen LogP contribution in [0.4, 0.5) is 0 Å². The zero-order chi connectivity index (χ0) is 14.6. The highest BCUT2D eigenvalue weighted by Gasteiger charge is 2.20. The van der Waals surface area contributed by atoms with Crippen LogP contribution in [-0.4, -0.2) is 27.0 Å². The van der Waals surface area contributed by atoms with E-state index < -0.39 is 9.05 Å². The van der Waals surface area contributed by atoms with Crippen molar-refractivity contribution in [2.45, 2.75) is 31.8 Å². The van der Waals surface area contributed by atoms with Crippen LogP contribution in [-0.2, 0) is 9.05 Å². The minimum Gasteiger partial charge on any atom is -0.490 e. The normalized spacial score (nSPS) is 11.4. The standard InChI is InChI=1S/C12H16ClNO4S/c1-4-14-12(15)9-5-6-10(18-8(2)3)11(7-9)19(13,16)17/h5-8H,4H2,1-3H3,(H,14,15). The van der Waals surface area contributed by atoms with Gasteiger partial charge in [-0.05, 0) is 39.0 Å². The van der Waals surface area contributed by atoms with Gasteiger partial charge in [0.2, 0.25) is 0 Å². The molecule has 0 radical (unpaired) electrons. The molecule has 5 nitrogen and oxygen atoms in total. The number of benzene rings is 1. The smallest absolute Gasteiger partial charge is 0.265 e. The van der Waals surface area contributed by atoms with Crippen molar-refractivity contribution in [3.8, 4) is 5.75 Å². The van der Waals surface area contributed by atoms with Crippen LogP contribution in [0.25, 0.3) is 0 Å². The molecule has 1 rings (SSSR count). The van der Waals surface area contributed by atoms with Gasteiger partial charge in [-0.2, -0.15) is 0 Å². The van der Waals surface area contributed by atoms with Gasteiger partial charge in [-0.15, -0.1) is 0 Å². The van der Waals surface area contributed by atoms with E-state index in [0.717, 1.165) is 0 Å². The van der Waals surface area contributed by atoms with Gasteiger partial charge >= 0.3 is 0 Å². The van der Waals surface area contributed by atoms with Gasteiger partial charge in [-0.3, -0.25) is 4.79 Å². The van der Waals surface area contributed by atoms with Crippen molar-refractivity contribution in [3.63, 3.8) is 0 Å². The molecule has 0 bridgehead atoms. The Hall–Kier alpha value is -1.27. The molecule has 1 amide bonds. The molecule has 1 aromatic rings. The van der Waals surface area contributed by atoms with Crippen molar-refractivity contribution < 1.29 is 17.9 Å². The highest BCUT2D eigenvalue weighted by molar-refractivity contribution is 8.13. The van der Waals surface area contributed by atoms with E-state index in [9.17, 15) is 13.2 Å². The van der Waals surface area contributed by atoms with Gasteiger partial charge in [0.15, 0.2) is 0 Å². The van der Waals surface area contributed by atoms with Crippen LogP contribution in [0.15, 0.2) is 23.1 Å². The van der Waals surface area contributed by atoms with Crippen molar-refractivity contribution in [1.29, 1.82) is 0 Å². The predicted octanol–water partition coefficient (Wildman–Crippen LogP) is 2.15. The molecule has 0 aliphatic heterocycles. The zero-order valence-corrected chi connectivity index (χ0v) is 12.5. The summed E-state index contributed by atoms with van der Waals surface area (Å²) in [5.74, 6) is -0.224. The first-order valence-electron chi connectivity index (χ1n) is 5.79. The van der Waals surface area contributed by atoms with Crippen molar-refractivity contribution in [3.05, 3.63) is 23.8 Å². The van der Waals surface area contributed by atoms with Crippen molar-refractivity contribution in [2.75, 3.05) is 6.54 Å². The second-order valence-electron chi connectivity index (χ2n) is 4.13. The summed E-state index contributed by atoms with van der Waals surface area (Å²) < 4.78 is 28.4. The Morgan fingerprint density at radius 2 is 2.05 bits per heavy atom. The Bertz CT molecular complexity index is 569. The number of rotatable bonds is 5. The summed E-state index contributed by atoms with van der Waals surface area (Å²) in [4.78, 5) is 11.5. The van der Waals surface area contributed by atoms with E-state index in [0.29, 0.717) is 6.54 Å². The molecule has 7 heteroatoms. The van der Waals surface area contributed by atoms with E-state index >= 15 is 0 Å². The topological polar surface area (TPSA) is 72.5 Å². The van der Waals surface area contributed by atoms with Crippen molar-refractivity contribution in [2.24, 2.45) is 0 Å². The molecule has 0 spiro atoms. The maximum absolute atomic E-state index is 11.7. The molecular weight excluding hydrogens is 290 g/mol. The average molecular weight is 306 g/mol. The average Bonchev–Trinajstić information content (AvgIpc) is 2.27. The molecular formula is C12H16ClNO4S. The number of ether oxygens (including phenoxy) is 1. The number of hydrogen-bond acceptors (Lipinski definition) is 4. The van der Waals surface area contributed by atoms with Crippen LogP contribution < -0.4 is 10.1 Å². The molecule has 0 fully saturated rings. The van der Waals surface area contributed by atoms with E-state index in [1.807, 2.05) is 0 Å². The second-order valence-corrected chi connectivity index (χ2v) is 6.66. The fraction of sp³-hybridized carbons (Fsp3) is 0.417. The summed E-state index contributed by atoms with van der Waals surface area (Å²) in [6.07, 6.45) is -0.201. The van der Waals surface area contributed by atoms with Crippen LogP contribution in [0.5, 0.6) is 5.75 Å². The highest BCUT2D eigenvalue weighted by Crippen LogP contribution is 2.29. The fourth-order valence-electron chi connectivity index (χ4n) is 1.45. The van der Waals surface area contributed by atoms with E-state index in [4.69, 9.17) is 15.4 Å². The summed E-state index contributed by atoms with van der Waals surface area (Å²) in [6.45, 7) is 5.75. The molecule has 0 aliphatic rings. The molecule has 0 aliphatic carbocycles. The lowest BCUT2D eigenvalue weighted by atomic mass is 10.2. The maximum atomic E-state index is 11.7. The molecule has 19 heavy (non-hydrogen) atoms. The minimum atomic E-state index is -3.98. The van der Waals surface area contributed by atoms with Crippen LogP contribution in [0, 0.1) is 0 Å². The van der Waals surface area contributed by atoms with Crippen LogP contribution in [0.1, 0.15) is 31.1 Å². The first-order chi connectivity index (χ1) is 8.75. The number of nitrogens with one attached hydrogen (secondary N) is 1. The van der Waals surface area contributed by atoms with E-state index in [-0.39, 0.29) is 28.2 Å². The van der Waals surface area contributed by atoms with Crippen molar-refractivity contribution in [1.82, 2.24) is 5.32 Å². The van der Waals surface area contributed by atoms with E-state index in [1.54, 1.807) is 20.8 Å². The molecule has 0 saturated carbocycles. The number of carbonyl (C=O) groups excluding carboxylic acids is 1. The fourth-order valence-corrected chi connectivity index (χ4v) is 2.44. The molecule has 1 aromatic carbocycles. The van der Waals surface area contributed by atoms with Crippen LogP contribution in [0.3, 0.4) is 0 Å². The molecule has 0 aromatic heterocycles. The Morgan fingerprint density at radius 3 is 2.53 bits per heavy atom. The third-order valence-electron chi connectivity index (χ3n) is 2.17. The lowest BCUT2D eigenvalue weighted by Crippen LogP contribution is -2.23. The first kappa shape index (κ1) is 15.8. The SMILES string of the molecule is CCNC(=O)c1ccc(OC(C)C)c(S(=O)(=O)Cl)c1. The van der Waals surface area contributed by atoms with E-state index in [2.05, 4.69) is 5.32 Å². The Labute approximate surface area is 117 Å². The molecule has 106 valence electrons. The van der Waals surface area contributed by atoms with Gasteiger partial charge in [-0.1, -0.05) is 0 Å². The lowest BCUT2D eigenvalue weighted by molar-refractivity contribution is 0.0955. The minimum absolute atomic E-state index is 0.137. The maximum Gasteiger partial charge on any atom is 0.265 e. The van der Waals surface area contributed by atoms with Gasteiger partial charge in [0, 0.05) is 22.8 Å². The molecule has 0 unspecified atom stereocenters. The summed E-state index contributed by atoms with van der Waals surface area (Å²) in [5, 5.41) is 2.58. The summed E-state index contributed by atoms with van der Waals surface area (Å²) >= 11 is 0. The molecule has 1 N–H and O–H groups in total. The van der Waals surface area contributed by atoms with Crippen molar-refractivity contribution >= 4 is 25.6 Å². The largest absolute Gasteiger partial charge is 0.490 e. The van der Waals surface area contributed by atoms with Gasteiger partial charge in [0.25, 0.3) is 15.0 Å². The Kier molecular flexibility index (Phi) is 5.20. The zero-order valence-electron chi connectivity index (χ0n) is 10.9. The van der Waals surface area contributed by atoms with Gasteiger partial charge in [0.05, 0.1) is 6.10 Å². The van der Waals surface area contributed by atoms with Gasteiger partial charge in [0.1, 0.15) is 10.6 Å². The Balaban J connectivity index is 3.27. The lowest BCUT2D eigenvalue weighted by Gasteiger charge is -2.13. The molecule has 0 saturated heterocycles. The third-order valence-corrected chi connectivity index (χ3v) is 3.51. The molecule has 0 atom stereocenters. The van der Waals surface area contributed by atoms with E-state index in [1.165, 1.54) is 18.2 Å². The third kappa shape index (κ3) is 4.40. The summed E-state index contributed by atoms with van der Waals surface area (Å²) in [7, 11) is 1.38. The number of halogens is 1. The van der Waals surface area contributed by atoms with Crippen LogP contribution in [0.2, 0.25) is 0 Å². The molecule has 0 heterocycles. The second kappa shape index (κ2) is 6.25.